The zero-order valence-electron chi connectivity index (χ0n) is 15.7. The molecule has 0 saturated heterocycles. The summed E-state index contributed by atoms with van der Waals surface area (Å²) < 4.78 is 30.9. The molecule has 2 aromatic heterocycles. The van der Waals surface area contributed by atoms with Crippen molar-refractivity contribution < 1.29 is 22.9 Å². The molecule has 0 saturated carbocycles. The average Bonchev–Trinajstić information content (AvgIpc) is 2.98. The number of aryl methyl sites for hydroxylation is 2. The first-order chi connectivity index (χ1) is 13.9. The molecule has 0 atom stereocenters. The van der Waals surface area contributed by atoms with Gasteiger partial charge in [0.15, 0.2) is 14.8 Å². The molecule has 0 aliphatic heterocycles. The summed E-state index contributed by atoms with van der Waals surface area (Å²) in [5, 5.41) is 9.66. The van der Waals surface area contributed by atoms with Gasteiger partial charge in [-0.3, -0.25) is 19.4 Å². The van der Waals surface area contributed by atoms with Crippen LogP contribution >= 0.6 is 22.9 Å². The van der Waals surface area contributed by atoms with Gasteiger partial charge in [0.05, 0.1) is 11.4 Å². The van der Waals surface area contributed by atoms with Crippen molar-refractivity contribution in [3.8, 4) is 0 Å². The predicted molar refractivity (Wildman–Crippen MR) is 114 cm³/mol. The van der Waals surface area contributed by atoms with Crippen LogP contribution in [0.5, 0.6) is 0 Å². The number of rotatable bonds is 4. The van der Waals surface area contributed by atoms with Crippen LogP contribution in [0.4, 0.5) is 10.8 Å². The third-order valence-corrected chi connectivity index (χ3v) is 6.25. The molecule has 0 radical (unpaired) electrons. The lowest BCUT2D eigenvalue weighted by Gasteiger charge is -2.14. The molecule has 0 spiro atoms. The van der Waals surface area contributed by atoms with E-state index in [1.807, 2.05) is 0 Å². The van der Waals surface area contributed by atoms with Crippen molar-refractivity contribution >= 4 is 49.8 Å². The molecule has 0 fully saturated rings. The first kappa shape index (κ1) is 23.3. The van der Waals surface area contributed by atoms with Gasteiger partial charge in [-0.1, -0.05) is 22.9 Å². The molecule has 0 amide bonds. The number of carboxylic acids is 1. The predicted octanol–water partition coefficient (Wildman–Crippen LogP) is 2.66. The number of carbonyl (C=O) groups is 1. The van der Waals surface area contributed by atoms with E-state index in [0.29, 0.717) is 10.7 Å². The maximum Gasteiger partial charge on any atom is 0.341 e. The van der Waals surface area contributed by atoms with Crippen molar-refractivity contribution in [3.05, 3.63) is 68.7 Å². The minimum Gasteiger partial charge on any atom is -0.477 e. The number of pyridine rings is 1. The maximum atomic E-state index is 11.5. The van der Waals surface area contributed by atoms with Crippen LogP contribution in [0, 0.1) is 13.8 Å². The van der Waals surface area contributed by atoms with Crippen LogP contribution in [0.25, 0.3) is 0 Å². The van der Waals surface area contributed by atoms with Crippen molar-refractivity contribution in [2.75, 3.05) is 11.2 Å². The standard InChI is InChI=1S/C13H11ClN2O3.C4H6N2O3S2/c1-8-6-12(17)11(13(18)19)7-16(8)15-10-4-2-9(14)3-5-10;1-2-3(11(7,8)9)10-4(5)6-2/h2-7,15H,1H3,(H,18,19);1H3,(H2,5,6)(H,7,8,9). The lowest BCUT2D eigenvalue weighted by atomic mass is 10.2. The van der Waals surface area contributed by atoms with Gasteiger partial charge >= 0.3 is 16.1 Å². The molecule has 10 nitrogen and oxygen atoms in total. The summed E-state index contributed by atoms with van der Waals surface area (Å²) in [5.74, 6) is -1.25. The van der Waals surface area contributed by atoms with Crippen molar-refractivity contribution in [1.29, 1.82) is 0 Å². The van der Waals surface area contributed by atoms with Gasteiger partial charge in [-0.25, -0.2) is 9.78 Å². The van der Waals surface area contributed by atoms with E-state index < -0.39 is 21.5 Å². The second kappa shape index (κ2) is 9.26. The van der Waals surface area contributed by atoms with Crippen LogP contribution in [0.2, 0.25) is 5.02 Å². The van der Waals surface area contributed by atoms with E-state index in [-0.39, 0.29) is 20.6 Å². The Balaban J connectivity index is 0.000000248. The highest BCUT2D eigenvalue weighted by Gasteiger charge is 2.17. The largest absolute Gasteiger partial charge is 0.477 e. The van der Waals surface area contributed by atoms with Gasteiger partial charge in [0.25, 0.3) is 0 Å². The van der Waals surface area contributed by atoms with Crippen molar-refractivity contribution in [3.63, 3.8) is 0 Å². The van der Waals surface area contributed by atoms with E-state index in [9.17, 15) is 18.0 Å². The number of halogens is 1. The summed E-state index contributed by atoms with van der Waals surface area (Å²) in [7, 11) is -4.14. The van der Waals surface area contributed by atoms with Crippen LogP contribution in [0.15, 0.2) is 45.5 Å². The molecule has 0 aliphatic rings. The van der Waals surface area contributed by atoms with Gasteiger partial charge in [0, 0.05) is 23.0 Å². The summed E-state index contributed by atoms with van der Waals surface area (Å²) in [4.78, 5) is 26.0. The fraction of sp³-hybridized carbons (Fsp3) is 0.118. The minimum absolute atomic E-state index is 0.134. The molecule has 13 heteroatoms. The van der Waals surface area contributed by atoms with Gasteiger partial charge in [-0.2, -0.15) is 8.42 Å². The summed E-state index contributed by atoms with van der Waals surface area (Å²) in [5.41, 5.74) is 8.95. The zero-order chi connectivity index (χ0) is 22.6. The monoisotopic (exact) mass is 472 g/mol. The first-order valence-corrected chi connectivity index (χ1v) is 10.7. The van der Waals surface area contributed by atoms with Gasteiger partial charge in [0.2, 0.25) is 0 Å². The Morgan fingerprint density at radius 1 is 1.27 bits per heavy atom. The fourth-order valence-electron chi connectivity index (χ4n) is 2.22. The SMILES string of the molecule is Cc1cc(=O)c(C(=O)O)cn1Nc1ccc(Cl)cc1.Cc1nc(N)sc1S(=O)(=O)O. The topological polar surface area (TPSA) is 165 Å². The molecule has 0 unspecified atom stereocenters. The Hall–Kier alpha value is -2.93. The highest BCUT2D eigenvalue weighted by Crippen LogP contribution is 2.24. The second-order valence-electron chi connectivity index (χ2n) is 5.89. The zero-order valence-corrected chi connectivity index (χ0v) is 18.0. The number of hydrogen-bond donors (Lipinski definition) is 4. The molecule has 2 heterocycles. The number of anilines is 2. The minimum atomic E-state index is -4.14. The van der Waals surface area contributed by atoms with E-state index in [1.54, 1.807) is 31.2 Å². The van der Waals surface area contributed by atoms with E-state index in [0.717, 1.165) is 17.0 Å². The van der Waals surface area contributed by atoms with Crippen molar-refractivity contribution in [1.82, 2.24) is 9.66 Å². The van der Waals surface area contributed by atoms with Gasteiger partial charge < -0.3 is 10.8 Å². The summed E-state index contributed by atoms with van der Waals surface area (Å²) >= 11 is 6.53. The number of nitrogens with two attached hydrogens (primary N) is 1. The summed E-state index contributed by atoms with van der Waals surface area (Å²) in [6, 6.07) is 8.19. The molecule has 3 aromatic rings. The van der Waals surface area contributed by atoms with E-state index in [2.05, 4.69) is 10.4 Å². The lowest BCUT2D eigenvalue weighted by molar-refractivity contribution is 0.0694. The highest BCUT2D eigenvalue weighted by molar-refractivity contribution is 7.88. The normalized spacial score (nSPS) is 10.8. The molecule has 3 rings (SSSR count). The van der Waals surface area contributed by atoms with Crippen LogP contribution in [0.1, 0.15) is 21.7 Å². The number of thiazole rings is 1. The molecule has 30 heavy (non-hydrogen) atoms. The summed E-state index contributed by atoms with van der Waals surface area (Å²) in [6.07, 6.45) is 1.26. The fourth-order valence-corrected chi connectivity index (χ4v) is 4.01. The van der Waals surface area contributed by atoms with Crippen LogP contribution in [-0.4, -0.2) is 33.7 Å². The third kappa shape index (κ3) is 6.03. The van der Waals surface area contributed by atoms with Crippen molar-refractivity contribution in [2.45, 2.75) is 18.1 Å². The number of benzene rings is 1. The average molecular weight is 473 g/mol. The van der Waals surface area contributed by atoms with Crippen LogP contribution in [0.3, 0.4) is 0 Å². The van der Waals surface area contributed by atoms with Crippen LogP contribution < -0.4 is 16.6 Å². The first-order valence-electron chi connectivity index (χ1n) is 8.08. The quantitative estimate of drug-likeness (QED) is 0.417. The molecule has 1 aromatic carbocycles. The molecular formula is C17H17ClN4O6S2. The summed E-state index contributed by atoms with van der Waals surface area (Å²) in [6.45, 7) is 3.17. The smallest absolute Gasteiger partial charge is 0.341 e. The van der Waals surface area contributed by atoms with Crippen LogP contribution in [-0.2, 0) is 10.1 Å². The van der Waals surface area contributed by atoms with E-state index >= 15 is 0 Å². The third-order valence-electron chi connectivity index (χ3n) is 3.57. The van der Waals surface area contributed by atoms with E-state index in [4.69, 9.17) is 27.0 Å². The second-order valence-corrected chi connectivity index (χ2v) is 8.97. The number of nitrogens with zero attached hydrogens (tertiary/aromatic N) is 2. The highest BCUT2D eigenvalue weighted by atomic mass is 35.5. The molecule has 0 bridgehead atoms. The van der Waals surface area contributed by atoms with Gasteiger partial charge in [0.1, 0.15) is 5.56 Å². The maximum absolute atomic E-state index is 11.5. The Kier molecular flexibility index (Phi) is 7.21. The molecule has 0 aliphatic carbocycles. The Labute approximate surface area is 180 Å². The molecular weight excluding hydrogens is 456 g/mol. The van der Waals surface area contributed by atoms with Gasteiger partial charge in [-0.15, -0.1) is 0 Å². The number of nitrogen functional groups attached to an aromatic ring is 1. The molecule has 160 valence electrons. The lowest BCUT2D eigenvalue weighted by Crippen LogP contribution is -2.22. The number of nitrogens with one attached hydrogen (secondary N) is 1. The van der Waals surface area contributed by atoms with Crippen molar-refractivity contribution in [2.24, 2.45) is 0 Å². The Morgan fingerprint density at radius 2 is 1.87 bits per heavy atom. The number of aromatic nitrogens is 2. The number of aromatic carboxylic acids is 1. The van der Waals surface area contributed by atoms with Gasteiger partial charge in [-0.05, 0) is 38.1 Å². The Bertz CT molecular complexity index is 1240. The number of carboxylic acid groups (broad SMARTS) is 1. The van der Waals surface area contributed by atoms with E-state index in [1.165, 1.54) is 23.9 Å². The number of hydrogen-bond acceptors (Lipinski definition) is 8. The molecule has 5 N–H and O–H groups in total. The Morgan fingerprint density at radius 3 is 2.30 bits per heavy atom.